The smallest absolute Gasteiger partial charge is 0.131 e. The van der Waals surface area contributed by atoms with E-state index in [-0.39, 0.29) is 0 Å². The Balaban J connectivity index is 1.57. The summed E-state index contributed by atoms with van der Waals surface area (Å²) in [7, 11) is 0. The van der Waals surface area contributed by atoms with Crippen LogP contribution in [0.25, 0.3) is 0 Å². The first-order valence-corrected chi connectivity index (χ1v) is 7.73. The molecule has 1 aliphatic rings. The summed E-state index contributed by atoms with van der Waals surface area (Å²) in [6, 6.07) is 11.8. The van der Waals surface area contributed by atoms with Crippen LogP contribution in [0.15, 0.2) is 36.7 Å². The van der Waals surface area contributed by atoms with Crippen molar-refractivity contribution in [3.63, 3.8) is 0 Å². The zero-order chi connectivity index (χ0) is 15.9. The average Bonchev–Trinajstić information content (AvgIpc) is 2.62. The maximum Gasteiger partial charge on any atom is 0.131 e. The molecule has 0 saturated carbocycles. The van der Waals surface area contributed by atoms with Gasteiger partial charge in [-0.05, 0) is 30.5 Å². The van der Waals surface area contributed by atoms with Crippen LogP contribution in [0.2, 0.25) is 0 Å². The van der Waals surface area contributed by atoms with Crippen LogP contribution in [-0.4, -0.2) is 29.2 Å². The van der Waals surface area contributed by atoms with Crippen LogP contribution < -0.4 is 10.6 Å². The zero-order valence-corrected chi connectivity index (χ0v) is 12.8. The fraction of sp³-hybridized carbons (Fsp3) is 0.353. The molecule has 0 spiro atoms. The van der Waals surface area contributed by atoms with Crippen molar-refractivity contribution in [3.8, 4) is 6.07 Å². The van der Waals surface area contributed by atoms with Gasteiger partial charge in [0.05, 0.1) is 24.3 Å². The number of nitrogens with zero attached hydrogens (tertiary/aromatic N) is 3. The molecule has 1 aromatic heterocycles. The number of rotatable bonds is 5. The van der Waals surface area contributed by atoms with E-state index in [1.54, 1.807) is 6.33 Å². The van der Waals surface area contributed by atoms with Gasteiger partial charge in [-0.15, -0.1) is 0 Å². The van der Waals surface area contributed by atoms with Crippen molar-refractivity contribution >= 4 is 11.6 Å². The Morgan fingerprint density at radius 2 is 2.04 bits per heavy atom. The summed E-state index contributed by atoms with van der Waals surface area (Å²) < 4.78 is 5.46. The SMILES string of the molecule is N#Cc1ccc(CNc2cc(N[C@@H]3CCCOC3)ncn2)cc1. The molecule has 1 saturated heterocycles. The van der Waals surface area contributed by atoms with E-state index in [1.807, 2.05) is 30.3 Å². The monoisotopic (exact) mass is 309 g/mol. The first-order valence-electron chi connectivity index (χ1n) is 7.73. The van der Waals surface area contributed by atoms with Crippen molar-refractivity contribution in [1.82, 2.24) is 9.97 Å². The van der Waals surface area contributed by atoms with E-state index in [4.69, 9.17) is 10.00 Å². The molecule has 23 heavy (non-hydrogen) atoms. The maximum atomic E-state index is 8.80. The van der Waals surface area contributed by atoms with Crippen LogP contribution in [0.4, 0.5) is 11.6 Å². The molecule has 0 bridgehead atoms. The van der Waals surface area contributed by atoms with Crippen molar-refractivity contribution < 1.29 is 4.74 Å². The second-order valence-corrected chi connectivity index (χ2v) is 5.51. The van der Waals surface area contributed by atoms with E-state index in [0.29, 0.717) is 18.2 Å². The largest absolute Gasteiger partial charge is 0.379 e. The number of hydrogen-bond acceptors (Lipinski definition) is 6. The molecule has 6 heteroatoms. The maximum absolute atomic E-state index is 8.80. The quantitative estimate of drug-likeness (QED) is 0.883. The van der Waals surface area contributed by atoms with E-state index >= 15 is 0 Å². The standard InChI is InChI=1S/C17H19N5O/c18-9-13-3-5-14(6-4-13)10-19-16-8-17(21-12-20-16)22-15-2-1-7-23-11-15/h3-6,8,12,15H,1-2,7,10-11H2,(H2,19,20,21,22)/t15-/m1/s1. The van der Waals surface area contributed by atoms with Crippen molar-refractivity contribution in [3.05, 3.63) is 47.8 Å². The summed E-state index contributed by atoms with van der Waals surface area (Å²) in [4.78, 5) is 8.49. The first kappa shape index (κ1) is 15.3. The molecule has 3 rings (SSSR count). The minimum absolute atomic E-state index is 0.310. The van der Waals surface area contributed by atoms with Gasteiger partial charge in [-0.1, -0.05) is 12.1 Å². The minimum atomic E-state index is 0.310. The van der Waals surface area contributed by atoms with Gasteiger partial charge < -0.3 is 15.4 Å². The molecule has 1 aromatic carbocycles. The predicted octanol–water partition coefficient (Wildman–Crippen LogP) is 2.55. The number of hydrogen-bond donors (Lipinski definition) is 2. The fourth-order valence-electron chi connectivity index (χ4n) is 2.49. The number of anilines is 2. The Labute approximate surface area is 135 Å². The lowest BCUT2D eigenvalue weighted by Gasteiger charge is -2.23. The van der Waals surface area contributed by atoms with Gasteiger partial charge in [0.2, 0.25) is 0 Å². The van der Waals surface area contributed by atoms with Crippen LogP contribution in [0, 0.1) is 11.3 Å². The molecule has 2 heterocycles. The van der Waals surface area contributed by atoms with E-state index < -0.39 is 0 Å². The Hall–Kier alpha value is -2.65. The van der Waals surface area contributed by atoms with Crippen LogP contribution >= 0.6 is 0 Å². The highest BCUT2D eigenvalue weighted by Crippen LogP contribution is 2.15. The molecule has 1 aliphatic heterocycles. The zero-order valence-electron chi connectivity index (χ0n) is 12.8. The molecule has 2 aromatic rings. The topological polar surface area (TPSA) is 82.9 Å². The molecule has 6 nitrogen and oxygen atoms in total. The fourth-order valence-corrected chi connectivity index (χ4v) is 2.49. The lowest BCUT2D eigenvalue weighted by Crippen LogP contribution is -2.30. The Kier molecular flexibility index (Phi) is 5.02. The van der Waals surface area contributed by atoms with Gasteiger partial charge in [-0.2, -0.15) is 5.26 Å². The molecule has 0 amide bonds. The van der Waals surface area contributed by atoms with Crippen LogP contribution in [0.5, 0.6) is 0 Å². The van der Waals surface area contributed by atoms with Crippen molar-refractivity contribution in [2.24, 2.45) is 0 Å². The second kappa shape index (κ2) is 7.56. The first-order chi connectivity index (χ1) is 11.3. The van der Waals surface area contributed by atoms with Crippen molar-refractivity contribution in [2.45, 2.75) is 25.4 Å². The van der Waals surface area contributed by atoms with Gasteiger partial charge in [0.15, 0.2) is 0 Å². The number of ether oxygens (including phenoxy) is 1. The van der Waals surface area contributed by atoms with Crippen molar-refractivity contribution in [2.75, 3.05) is 23.8 Å². The second-order valence-electron chi connectivity index (χ2n) is 5.51. The molecular weight excluding hydrogens is 290 g/mol. The van der Waals surface area contributed by atoms with E-state index in [1.165, 1.54) is 0 Å². The number of nitriles is 1. The van der Waals surface area contributed by atoms with E-state index in [9.17, 15) is 0 Å². The molecule has 1 atom stereocenters. The van der Waals surface area contributed by atoms with E-state index in [2.05, 4.69) is 26.7 Å². The summed E-state index contributed by atoms with van der Waals surface area (Å²) in [6.45, 7) is 2.21. The van der Waals surface area contributed by atoms with Gasteiger partial charge >= 0.3 is 0 Å². The number of nitrogens with one attached hydrogen (secondary N) is 2. The molecule has 2 N–H and O–H groups in total. The lowest BCUT2D eigenvalue weighted by atomic mass is 10.1. The van der Waals surface area contributed by atoms with Crippen LogP contribution in [0.3, 0.4) is 0 Å². The van der Waals surface area contributed by atoms with Crippen LogP contribution in [0.1, 0.15) is 24.0 Å². The summed E-state index contributed by atoms with van der Waals surface area (Å²) >= 11 is 0. The number of aromatic nitrogens is 2. The third kappa shape index (κ3) is 4.41. The Morgan fingerprint density at radius 1 is 1.22 bits per heavy atom. The van der Waals surface area contributed by atoms with Crippen molar-refractivity contribution in [1.29, 1.82) is 5.26 Å². The summed E-state index contributed by atoms with van der Waals surface area (Å²) in [5.74, 6) is 1.57. The molecule has 1 fully saturated rings. The summed E-state index contributed by atoms with van der Waals surface area (Å²) in [5.41, 5.74) is 1.76. The molecule has 118 valence electrons. The predicted molar refractivity (Wildman–Crippen MR) is 88.0 cm³/mol. The summed E-state index contributed by atoms with van der Waals surface area (Å²) in [6.07, 6.45) is 3.72. The van der Waals surface area contributed by atoms with E-state index in [0.717, 1.165) is 43.3 Å². The highest BCUT2D eigenvalue weighted by atomic mass is 16.5. The van der Waals surface area contributed by atoms with Gasteiger partial charge in [0.25, 0.3) is 0 Å². The highest BCUT2D eigenvalue weighted by molar-refractivity contribution is 5.47. The number of benzene rings is 1. The lowest BCUT2D eigenvalue weighted by molar-refractivity contribution is 0.0875. The van der Waals surface area contributed by atoms with Gasteiger partial charge in [0, 0.05) is 19.2 Å². The normalized spacial score (nSPS) is 17.3. The summed E-state index contributed by atoms with van der Waals surface area (Å²) in [5, 5.41) is 15.5. The Bertz CT molecular complexity index is 674. The third-order valence-electron chi connectivity index (χ3n) is 3.74. The highest BCUT2D eigenvalue weighted by Gasteiger charge is 2.14. The third-order valence-corrected chi connectivity index (χ3v) is 3.74. The molecular formula is C17H19N5O. The minimum Gasteiger partial charge on any atom is -0.379 e. The van der Waals surface area contributed by atoms with Gasteiger partial charge in [0.1, 0.15) is 18.0 Å². The average molecular weight is 309 g/mol. The van der Waals surface area contributed by atoms with Gasteiger partial charge in [-0.25, -0.2) is 9.97 Å². The molecule has 0 unspecified atom stereocenters. The van der Waals surface area contributed by atoms with Gasteiger partial charge in [-0.3, -0.25) is 0 Å². The van der Waals surface area contributed by atoms with Crippen LogP contribution in [-0.2, 0) is 11.3 Å². The Morgan fingerprint density at radius 3 is 2.78 bits per heavy atom. The molecule has 0 aliphatic carbocycles. The molecule has 0 radical (unpaired) electrons.